The van der Waals surface area contributed by atoms with Crippen LogP contribution in [0.25, 0.3) is 0 Å². The Morgan fingerprint density at radius 2 is 2.18 bits per heavy atom. The van der Waals surface area contributed by atoms with Crippen molar-refractivity contribution in [2.24, 2.45) is 5.73 Å². The van der Waals surface area contributed by atoms with Crippen LogP contribution in [-0.2, 0) is 4.79 Å². The highest BCUT2D eigenvalue weighted by Gasteiger charge is 2.16. The van der Waals surface area contributed by atoms with Crippen molar-refractivity contribution in [2.45, 2.75) is 19.4 Å². The van der Waals surface area contributed by atoms with Crippen molar-refractivity contribution in [2.75, 3.05) is 5.32 Å². The number of nitrogens with two attached hydrogens (primary N) is 1. The van der Waals surface area contributed by atoms with Gasteiger partial charge >= 0.3 is 5.97 Å². The highest BCUT2D eigenvalue weighted by Crippen LogP contribution is 2.24. The first kappa shape index (κ1) is 13.5. The Morgan fingerprint density at radius 3 is 2.59 bits per heavy atom. The number of carbonyl (C=O) groups is 2. The van der Waals surface area contributed by atoms with E-state index in [4.69, 9.17) is 10.8 Å². The average Bonchev–Trinajstić information content (AvgIpc) is 2.26. The Balaban J connectivity index is 2.93. The molecule has 0 aliphatic carbocycles. The van der Waals surface area contributed by atoms with Gasteiger partial charge in [0.05, 0.1) is 0 Å². The molecule has 1 aromatic carbocycles. The van der Waals surface area contributed by atoms with Gasteiger partial charge in [-0.3, -0.25) is 4.79 Å². The molecule has 0 aliphatic heterocycles. The first-order chi connectivity index (χ1) is 7.95. The summed E-state index contributed by atoms with van der Waals surface area (Å²) in [5.41, 5.74) is 6.12. The number of hydrogen-bond donors (Lipinski definition) is 3. The lowest BCUT2D eigenvalue weighted by Crippen LogP contribution is -2.28. The molecule has 6 heteroatoms. The highest BCUT2D eigenvalue weighted by atomic mass is 79.9. The van der Waals surface area contributed by atoms with Gasteiger partial charge in [-0.2, -0.15) is 0 Å². The molecule has 0 fully saturated rings. The maximum absolute atomic E-state index is 10.9. The number of rotatable bonds is 5. The Bertz CT molecular complexity index is 448. The van der Waals surface area contributed by atoms with Crippen LogP contribution in [-0.4, -0.2) is 23.0 Å². The number of carboxylic acids is 1. The number of carboxylic acid groups (broad SMARTS) is 1. The van der Waals surface area contributed by atoms with E-state index in [1.165, 1.54) is 0 Å². The molecule has 5 nitrogen and oxygen atoms in total. The van der Waals surface area contributed by atoms with Gasteiger partial charge in [0, 0.05) is 15.7 Å². The van der Waals surface area contributed by atoms with E-state index < -0.39 is 17.9 Å². The average molecular weight is 301 g/mol. The smallest absolute Gasteiger partial charge is 0.326 e. The number of benzene rings is 1. The van der Waals surface area contributed by atoms with Gasteiger partial charge in [0.2, 0.25) is 5.91 Å². The van der Waals surface area contributed by atoms with E-state index in [-0.39, 0.29) is 0 Å². The molecule has 0 saturated heterocycles. The molecule has 4 N–H and O–H groups in total. The zero-order chi connectivity index (χ0) is 13.0. The molecule has 0 aliphatic rings. The maximum Gasteiger partial charge on any atom is 0.326 e. The summed E-state index contributed by atoms with van der Waals surface area (Å²) in [7, 11) is 0. The topological polar surface area (TPSA) is 92.4 Å². The lowest BCUT2D eigenvalue weighted by molar-refractivity contribution is -0.137. The quantitative estimate of drug-likeness (QED) is 0.773. The van der Waals surface area contributed by atoms with Crippen molar-refractivity contribution >= 4 is 33.5 Å². The second-order valence-electron chi connectivity index (χ2n) is 3.50. The van der Waals surface area contributed by atoms with Gasteiger partial charge in [-0.1, -0.05) is 6.92 Å². The van der Waals surface area contributed by atoms with Crippen LogP contribution in [0.4, 0.5) is 5.69 Å². The molecule has 92 valence electrons. The molecule has 1 unspecified atom stereocenters. The van der Waals surface area contributed by atoms with Crippen LogP contribution >= 0.6 is 15.9 Å². The van der Waals surface area contributed by atoms with Gasteiger partial charge in [-0.15, -0.1) is 0 Å². The van der Waals surface area contributed by atoms with E-state index >= 15 is 0 Å². The monoisotopic (exact) mass is 300 g/mol. The minimum Gasteiger partial charge on any atom is -0.480 e. The summed E-state index contributed by atoms with van der Waals surface area (Å²) in [6.07, 6.45) is 0.458. The number of anilines is 1. The zero-order valence-electron chi connectivity index (χ0n) is 9.24. The van der Waals surface area contributed by atoms with Gasteiger partial charge in [0.25, 0.3) is 0 Å². The summed E-state index contributed by atoms with van der Waals surface area (Å²) in [5, 5.41) is 11.8. The Morgan fingerprint density at radius 1 is 1.53 bits per heavy atom. The summed E-state index contributed by atoms with van der Waals surface area (Å²) in [5.74, 6) is -1.44. The van der Waals surface area contributed by atoms with Crippen LogP contribution in [0, 0.1) is 0 Å². The second-order valence-corrected chi connectivity index (χ2v) is 4.36. The summed E-state index contributed by atoms with van der Waals surface area (Å²) in [6, 6.07) is 4.06. The van der Waals surface area contributed by atoms with Gasteiger partial charge < -0.3 is 16.2 Å². The van der Waals surface area contributed by atoms with E-state index in [0.29, 0.717) is 22.1 Å². The van der Waals surface area contributed by atoms with Crippen LogP contribution in [0.1, 0.15) is 23.7 Å². The van der Waals surface area contributed by atoms with E-state index in [2.05, 4.69) is 21.2 Å². The van der Waals surface area contributed by atoms with E-state index in [1.807, 2.05) is 0 Å². The van der Waals surface area contributed by atoms with Crippen molar-refractivity contribution < 1.29 is 14.7 Å². The van der Waals surface area contributed by atoms with E-state index in [9.17, 15) is 9.59 Å². The number of primary amides is 1. The summed E-state index contributed by atoms with van der Waals surface area (Å²) >= 11 is 3.26. The molecule has 17 heavy (non-hydrogen) atoms. The van der Waals surface area contributed by atoms with Crippen molar-refractivity contribution in [1.82, 2.24) is 0 Å². The van der Waals surface area contributed by atoms with Gasteiger partial charge in [-0.05, 0) is 40.5 Å². The fourth-order valence-corrected chi connectivity index (χ4v) is 1.80. The molecule has 0 aromatic heterocycles. The van der Waals surface area contributed by atoms with Crippen molar-refractivity contribution in [3.63, 3.8) is 0 Å². The molecular formula is C11H13BrN2O3. The summed E-state index contributed by atoms with van der Waals surface area (Å²) in [6.45, 7) is 1.78. The maximum atomic E-state index is 10.9. The number of carbonyl (C=O) groups excluding carboxylic acids is 1. The van der Waals surface area contributed by atoms with Crippen LogP contribution in [0.2, 0.25) is 0 Å². The fourth-order valence-electron chi connectivity index (χ4n) is 1.31. The number of amides is 1. The van der Waals surface area contributed by atoms with Crippen molar-refractivity contribution in [3.05, 3.63) is 28.2 Å². The Hall–Kier alpha value is -1.56. The number of aliphatic carboxylic acids is 1. The lowest BCUT2D eigenvalue weighted by atomic mass is 10.1. The van der Waals surface area contributed by atoms with Crippen LogP contribution in [0.3, 0.4) is 0 Å². The Labute approximate surface area is 107 Å². The molecule has 1 aromatic rings. The second kappa shape index (κ2) is 5.67. The highest BCUT2D eigenvalue weighted by molar-refractivity contribution is 9.10. The fraction of sp³-hybridized carbons (Fsp3) is 0.273. The number of nitrogens with one attached hydrogen (secondary N) is 1. The molecule has 1 rings (SSSR count). The van der Waals surface area contributed by atoms with Gasteiger partial charge in [0.15, 0.2) is 0 Å². The summed E-state index contributed by atoms with van der Waals surface area (Å²) in [4.78, 5) is 21.8. The molecule has 0 heterocycles. The standard InChI is InChI=1S/C11H13BrN2O3/c1-2-8(11(16)17)14-9-4-3-6(10(13)15)5-7(9)12/h3-5,8,14H,2H2,1H3,(H2,13,15)(H,16,17). The molecule has 1 amide bonds. The Kier molecular flexibility index (Phi) is 4.51. The van der Waals surface area contributed by atoms with Crippen molar-refractivity contribution in [1.29, 1.82) is 0 Å². The van der Waals surface area contributed by atoms with Crippen LogP contribution < -0.4 is 11.1 Å². The van der Waals surface area contributed by atoms with E-state index in [1.54, 1.807) is 25.1 Å². The van der Waals surface area contributed by atoms with Crippen LogP contribution in [0.15, 0.2) is 22.7 Å². The first-order valence-corrected chi connectivity index (χ1v) is 5.83. The SMILES string of the molecule is CCC(Nc1ccc(C(N)=O)cc1Br)C(=O)O. The third-order valence-corrected chi connectivity index (χ3v) is 2.95. The largest absolute Gasteiger partial charge is 0.480 e. The molecule has 0 spiro atoms. The van der Waals surface area contributed by atoms with E-state index in [0.717, 1.165) is 0 Å². The third-order valence-electron chi connectivity index (χ3n) is 2.29. The number of hydrogen-bond acceptors (Lipinski definition) is 3. The van der Waals surface area contributed by atoms with Gasteiger partial charge in [-0.25, -0.2) is 4.79 Å². The third kappa shape index (κ3) is 3.45. The summed E-state index contributed by atoms with van der Waals surface area (Å²) < 4.78 is 0.605. The minimum atomic E-state index is -0.918. The lowest BCUT2D eigenvalue weighted by Gasteiger charge is -2.15. The molecule has 1 atom stereocenters. The molecular weight excluding hydrogens is 288 g/mol. The molecule has 0 radical (unpaired) electrons. The van der Waals surface area contributed by atoms with Crippen LogP contribution in [0.5, 0.6) is 0 Å². The predicted octanol–water partition coefficient (Wildman–Crippen LogP) is 1.82. The normalized spacial score (nSPS) is 11.9. The minimum absolute atomic E-state index is 0.366. The van der Waals surface area contributed by atoms with Gasteiger partial charge in [0.1, 0.15) is 6.04 Å². The number of halogens is 1. The molecule has 0 bridgehead atoms. The van der Waals surface area contributed by atoms with Crippen molar-refractivity contribution in [3.8, 4) is 0 Å². The predicted molar refractivity (Wildman–Crippen MR) is 68.0 cm³/mol. The zero-order valence-corrected chi connectivity index (χ0v) is 10.8. The molecule has 0 saturated carbocycles. The first-order valence-electron chi connectivity index (χ1n) is 5.04.